The van der Waals surface area contributed by atoms with Gasteiger partial charge in [-0.05, 0) is 23.6 Å². The zero-order valence-electron chi connectivity index (χ0n) is 11.6. The van der Waals surface area contributed by atoms with Gasteiger partial charge in [-0.2, -0.15) is 11.3 Å². The number of ether oxygens (including phenoxy) is 1. The van der Waals surface area contributed by atoms with Crippen molar-refractivity contribution < 1.29 is 9.53 Å². The summed E-state index contributed by atoms with van der Waals surface area (Å²) in [6.07, 6.45) is 0. The van der Waals surface area contributed by atoms with Gasteiger partial charge in [0.1, 0.15) is 5.75 Å². The van der Waals surface area contributed by atoms with Gasteiger partial charge >= 0.3 is 0 Å². The van der Waals surface area contributed by atoms with E-state index in [0.29, 0.717) is 13.1 Å². The van der Waals surface area contributed by atoms with Gasteiger partial charge in [0, 0.05) is 37.1 Å². The highest BCUT2D eigenvalue weighted by atomic mass is 32.1. The maximum Gasteiger partial charge on any atom is 0.216 e. The molecule has 1 amide bonds. The summed E-state index contributed by atoms with van der Waals surface area (Å²) in [7, 11) is 1.66. The van der Waals surface area contributed by atoms with Crippen molar-refractivity contribution in [3.05, 3.63) is 41.1 Å². The van der Waals surface area contributed by atoms with E-state index in [2.05, 4.69) is 21.7 Å². The number of nitrogens with one attached hydrogen (secondary N) is 1. The van der Waals surface area contributed by atoms with Gasteiger partial charge in [0.15, 0.2) is 0 Å². The Morgan fingerprint density at radius 3 is 2.85 bits per heavy atom. The number of amides is 1. The van der Waals surface area contributed by atoms with E-state index in [0.717, 1.165) is 17.1 Å². The second kappa shape index (κ2) is 6.96. The first-order valence-electron chi connectivity index (χ1n) is 6.39. The van der Waals surface area contributed by atoms with Gasteiger partial charge in [0.25, 0.3) is 0 Å². The van der Waals surface area contributed by atoms with E-state index in [1.807, 2.05) is 29.6 Å². The van der Waals surface area contributed by atoms with E-state index in [1.54, 1.807) is 18.4 Å². The molecule has 4 nitrogen and oxygen atoms in total. The Hall–Kier alpha value is -2.01. The van der Waals surface area contributed by atoms with Crippen LogP contribution in [-0.4, -0.2) is 26.1 Å². The number of carbonyl (C=O) groups is 1. The predicted molar refractivity (Wildman–Crippen MR) is 83.0 cm³/mol. The number of hydrogen-bond acceptors (Lipinski definition) is 4. The lowest BCUT2D eigenvalue weighted by Gasteiger charge is -2.24. The van der Waals surface area contributed by atoms with Crippen LogP contribution in [0.2, 0.25) is 0 Å². The van der Waals surface area contributed by atoms with Crippen LogP contribution in [0.25, 0.3) is 0 Å². The van der Waals surface area contributed by atoms with Crippen LogP contribution in [0, 0.1) is 0 Å². The number of rotatable bonds is 6. The molecule has 20 heavy (non-hydrogen) atoms. The van der Waals surface area contributed by atoms with Crippen molar-refractivity contribution in [1.82, 2.24) is 5.32 Å². The van der Waals surface area contributed by atoms with Gasteiger partial charge in [-0.1, -0.05) is 6.07 Å². The summed E-state index contributed by atoms with van der Waals surface area (Å²) < 4.78 is 5.27. The zero-order chi connectivity index (χ0) is 14.4. The molecule has 0 aliphatic rings. The molecule has 0 atom stereocenters. The van der Waals surface area contributed by atoms with E-state index in [4.69, 9.17) is 4.74 Å². The first-order chi connectivity index (χ1) is 9.70. The van der Waals surface area contributed by atoms with E-state index in [-0.39, 0.29) is 5.91 Å². The average Bonchev–Trinajstić information content (AvgIpc) is 2.97. The summed E-state index contributed by atoms with van der Waals surface area (Å²) in [4.78, 5) is 13.2. The van der Waals surface area contributed by atoms with Gasteiger partial charge in [0.2, 0.25) is 5.91 Å². The number of methoxy groups -OCH3 is 1. The lowest BCUT2D eigenvalue weighted by Crippen LogP contribution is -2.31. The fraction of sp³-hybridized carbons (Fsp3) is 0.267. The standard InChI is InChI=1S/C15H18N2O2S/c1-12(18)16-7-8-17(14-6-9-20-11-14)13-4-3-5-15(10-13)19-2/h3-6,9-11H,7-8H2,1-2H3,(H,16,18). The Bertz CT molecular complexity index is 555. The molecular formula is C15H18N2O2S. The molecular weight excluding hydrogens is 272 g/mol. The van der Waals surface area contributed by atoms with Crippen molar-refractivity contribution in [2.75, 3.05) is 25.1 Å². The summed E-state index contributed by atoms with van der Waals surface area (Å²) in [5, 5.41) is 6.96. The third kappa shape index (κ3) is 3.74. The van der Waals surface area contributed by atoms with Crippen LogP contribution in [0.5, 0.6) is 5.75 Å². The molecule has 1 aromatic carbocycles. The molecule has 1 aromatic heterocycles. The number of nitrogens with zero attached hydrogens (tertiary/aromatic N) is 1. The van der Waals surface area contributed by atoms with Crippen LogP contribution in [0.3, 0.4) is 0 Å². The van der Waals surface area contributed by atoms with Crippen molar-refractivity contribution in [2.24, 2.45) is 0 Å². The maximum atomic E-state index is 11.0. The second-order valence-corrected chi connectivity index (χ2v) is 5.10. The number of thiophene rings is 1. The minimum atomic E-state index is -0.0130. The van der Waals surface area contributed by atoms with Crippen LogP contribution >= 0.6 is 11.3 Å². The van der Waals surface area contributed by atoms with E-state index < -0.39 is 0 Å². The molecule has 2 aromatic rings. The highest BCUT2D eigenvalue weighted by Gasteiger charge is 2.10. The van der Waals surface area contributed by atoms with Gasteiger partial charge in [-0.25, -0.2) is 0 Å². The molecule has 106 valence electrons. The average molecular weight is 290 g/mol. The molecule has 0 aliphatic heterocycles. The topological polar surface area (TPSA) is 41.6 Å². The Morgan fingerprint density at radius 1 is 1.35 bits per heavy atom. The van der Waals surface area contributed by atoms with Crippen LogP contribution in [0.15, 0.2) is 41.1 Å². The van der Waals surface area contributed by atoms with Crippen molar-refractivity contribution in [3.63, 3.8) is 0 Å². The highest BCUT2D eigenvalue weighted by Crippen LogP contribution is 2.29. The number of benzene rings is 1. The quantitative estimate of drug-likeness (QED) is 0.889. The molecule has 0 radical (unpaired) electrons. The minimum Gasteiger partial charge on any atom is -0.497 e. The molecule has 2 rings (SSSR count). The van der Waals surface area contributed by atoms with Crippen LogP contribution in [0.4, 0.5) is 11.4 Å². The predicted octanol–water partition coefficient (Wildman–Crippen LogP) is 3.03. The Labute approximate surface area is 123 Å². The smallest absolute Gasteiger partial charge is 0.216 e. The van der Waals surface area contributed by atoms with Gasteiger partial charge in [-0.3, -0.25) is 4.79 Å². The van der Waals surface area contributed by atoms with Gasteiger partial charge in [-0.15, -0.1) is 0 Å². The molecule has 1 N–H and O–H groups in total. The first kappa shape index (κ1) is 14.4. The molecule has 0 unspecified atom stereocenters. The summed E-state index contributed by atoms with van der Waals surface area (Å²) in [5.74, 6) is 0.808. The Balaban J connectivity index is 2.19. The van der Waals surface area contributed by atoms with Crippen LogP contribution in [-0.2, 0) is 4.79 Å². The summed E-state index contributed by atoms with van der Waals surface area (Å²) in [6.45, 7) is 2.84. The number of hydrogen-bond donors (Lipinski definition) is 1. The monoisotopic (exact) mass is 290 g/mol. The summed E-state index contributed by atoms with van der Waals surface area (Å²) >= 11 is 1.65. The molecule has 0 spiro atoms. The number of carbonyl (C=O) groups excluding carboxylic acids is 1. The lowest BCUT2D eigenvalue weighted by atomic mass is 10.2. The van der Waals surface area contributed by atoms with E-state index >= 15 is 0 Å². The fourth-order valence-electron chi connectivity index (χ4n) is 1.94. The third-order valence-electron chi connectivity index (χ3n) is 2.89. The van der Waals surface area contributed by atoms with Crippen molar-refractivity contribution in [3.8, 4) is 5.75 Å². The lowest BCUT2D eigenvalue weighted by molar-refractivity contribution is -0.118. The Morgan fingerprint density at radius 2 is 2.20 bits per heavy atom. The normalized spacial score (nSPS) is 10.1. The largest absolute Gasteiger partial charge is 0.497 e. The zero-order valence-corrected chi connectivity index (χ0v) is 12.4. The van der Waals surface area contributed by atoms with Crippen LogP contribution < -0.4 is 15.0 Å². The maximum absolute atomic E-state index is 11.0. The molecule has 0 saturated heterocycles. The van der Waals surface area contributed by atoms with Crippen molar-refractivity contribution in [2.45, 2.75) is 6.92 Å². The molecule has 1 heterocycles. The SMILES string of the molecule is COc1cccc(N(CCNC(C)=O)c2ccsc2)c1. The van der Waals surface area contributed by atoms with Crippen molar-refractivity contribution in [1.29, 1.82) is 0 Å². The summed E-state index contributed by atoms with van der Waals surface area (Å²) in [5.41, 5.74) is 2.17. The molecule has 0 fully saturated rings. The number of anilines is 2. The second-order valence-electron chi connectivity index (χ2n) is 4.32. The van der Waals surface area contributed by atoms with Gasteiger partial charge < -0.3 is 15.0 Å². The minimum absolute atomic E-state index is 0.0130. The van der Waals surface area contributed by atoms with Crippen LogP contribution in [0.1, 0.15) is 6.92 Å². The van der Waals surface area contributed by atoms with E-state index in [1.165, 1.54) is 6.92 Å². The Kier molecular flexibility index (Phi) is 5.01. The van der Waals surface area contributed by atoms with Gasteiger partial charge in [0.05, 0.1) is 12.8 Å². The van der Waals surface area contributed by atoms with Crippen molar-refractivity contribution >= 4 is 28.6 Å². The first-order valence-corrected chi connectivity index (χ1v) is 7.33. The molecule has 0 bridgehead atoms. The molecule has 0 saturated carbocycles. The molecule has 0 aliphatic carbocycles. The van der Waals surface area contributed by atoms with E-state index in [9.17, 15) is 4.79 Å². The fourth-order valence-corrected chi connectivity index (χ4v) is 2.58. The summed E-state index contributed by atoms with van der Waals surface area (Å²) in [6, 6.07) is 9.98. The highest BCUT2D eigenvalue weighted by molar-refractivity contribution is 7.08. The molecule has 5 heteroatoms. The third-order valence-corrected chi connectivity index (χ3v) is 3.56.